The van der Waals surface area contributed by atoms with Crippen molar-refractivity contribution in [2.75, 3.05) is 0 Å². The van der Waals surface area contributed by atoms with Crippen LogP contribution in [0.4, 0.5) is 0 Å². The van der Waals surface area contributed by atoms with Gasteiger partial charge in [-0.2, -0.15) is 0 Å². The molecular weight excluding hydrogens is 258 g/mol. The highest BCUT2D eigenvalue weighted by Gasteiger charge is 2.08. The average molecular weight is 274 g/mol. The molecule has 0 aliphatic rings. The fourth-order valence-corrected chi connectivity index (χ4v) is 2.41. The van der Waals surface area contributed by atoms with E-state index in [-0.39, 0.29) is 6.04 Å². The van der Waals surface area contributed by atoms with Crippen molar-refractivity contribution in [1.82, 2.24) is 4.72 Å². The highest BCUT2D eigenvalue weighted by atomic mass is 35.5. The van der Waals surface area contributed by atoms with Gasteiger partial charge in [-0.1, -0.05) is 30.7 Å². The van der Waals surface area contributed by atoms with Crippen LogP contribution in [0.25, 0.3) is 6.08 Å². The molecule has 3 nitrogen and oxygen atoms in total. The van der Waals surface area contributed by atoms with E-state index in [1.165, 1.54) is 5.41 Å². The fraction of sp³-hybridized carbons (Fsp3) is 0.333. The molecular formula is C12H16ClNO2S. The number of hydrogen-bond donors (Lipinski definition) is 1. The summed E-state index contributed by atoms with van der Waals surface area (Å²) in [6, 6.07) is 6.90. The van der Waals surface area contributed by atoms with E-state index in [1.54, 1.807) is 30.3 Å². The smallest absolute Gasteiger partial charge is 0.209 e. The van der Waals surface area contributed by atoms with Crippen LogP contribution in [0.15, 0.2) is 29.7 Å². The first-order valence-electron chi connectivity index (χ1n) is 5.39. The molecule has 0 aliphatic heterocycles. The Labute approximate surface area is 108 Å². The van der Waals surface area contributed by atoms with E-state index in [1.807, 2.05) is 13.8 Å². The Kier molecular flexibility index (Phi) is 5.18. The van der Waals surface area contributed by atoms with Gasteiger partial charge < -0.3 is 0 Å². The molecule has 1 N–H and O–H groups in total. The van der Waals surface area contributed by atoms with Gasteiger partial charge in [0.2, 0.25) is 10.0 Å². The molecule has 5 heteroatoms. The van der Waals surface area contributed by atoms with Gasteiger partial charge in [0.05, 0.1) is 0 Å². The number of benzene rings is 1. The molecule has 0 aromatic heterocycles. The number of rotatable bonds is 5. The summed E-state index contributed by atoms with van der Waals surface area (Å²) in [5, 5.41) is 1.80. The van der Waals surface area contributed by atoms with Crippen LogP contribution < -0.4 is 4.72 Å². The van der Waals surface area contributed by atoms with E-state index >= 15 is 0 Å². The fourth-order valence-electron chi connectivity index (χ4n) is 1.15. The minimum atomic E-state index is -3.36. The summed E-state index contributed by atoms with van der Waals surface area (Å²) in [5.41, 5.74) is 0.795. The number of halogens is 1. The van der Waals surface area contributed by atoms with Gasteiger partial charge in [0.25, 0.3) is 0 Å². The van der Waals surface area contributed by atoms with Gasteiger partial charge in [0.15, 0.2) is 0 Å². The SMILES string of the molecule is CCC(C)NS(=O)(=O)C=Cc1ccc(Cl)cc1. The highest BCUT2D eigenvalue weighted by molar-refractivity contribution is 7.92. The van der Waals surface area contributed by atoms with Crippen LogP contribution in [0.1, 0.15) is 25.8 Å². The summed E-state index contributed by atoms with van der Waals surface area (Å²) in [7, 11) is -3.36. The second kappa shape index (κ2) is 6.19. The molecule has 0 saturated carbocycles. The van der Waals surface area contributed by atoms with Gasteiger partial charge in [-0.15, -0.1) is 0 Å². The van der Waals surface area contributed by atoms with Crippen LogP contribution in [0.5, 0.6) is 0 Å². The molecule has 0 saturated heterocycles. The molecule has 1 unspecified atom stereocenters. The van der Waals surface area contributed by atoms with E-state index in [2.05, 4.69) is 4.72 Å². The van der Waals surface area contributed by atoms with Gasteiger partial charge >= 0.3 is 0 Å². The van der Waals surface area contributed by atoms with Crippen molar-refractivity contribution in [1.29, 1.82) is 0 Å². The van der Waals surface area contributed by atoms with Gasteiger partial charge in [-0.3, -0.25) is 0 Å². The van der Waals surface area contributed by atoms with Crippen molar-refractivity contribution < 1.29 is 8.42 Å². The zero-order valence-electron chi connectivity index (χ0n) is 9.85. The minimum Gasteiger partial charge on any atom is -0.209 e. The third-order valence-corrected chi connectivity index (χ3v) is 3.76. The van der Waals surface area contributed by atoms with Gasteiger partial charge in [0, 0.05) is 16.5 Å². The Hall–Kier alpha value is -0.840. The van der Waals surface area contributed by atoms with Crippen molar-refractivity contribution in [3.05, 3.63) is 40.3 Å². The van der Waals surface area contributed by atoms with E-state index in [4.69, 9.17) is 11.6 Å². The summed E-state index contributed by atoms with van der Waals surface area (Å²) in [4.78, 5) is 0. The van der Waals surface area contributed by atoms with Crippen LogP contribution in [0, 0.1) is 0 Å². The molecule has 0 fully saturated rings. The lowest BCUT2D eigenvalue weighted by atomic mass is 10.2. The van der Waals surface area contributed by atoms with Crippen LogP contribution in [0.3, 0.4) is 0 Å². The largest absolute Gasteiger partial charge is 0.233 e. The second-order valence-corrected chi connectivity index (χ2v) is 5.86. The van der Waals surface area contributed by atoms with E-state index in [9.17, 15) is 8.42 Å². The Balaban J connectivity index is 2.73. The second-order valence-electron chi connectivity index (χ2n) is 3.83. The van der Waals surface area contributed by atoms with Gasteiger partial charge in [0.1, 0.15) is 0 Å². The first kappa shape index (κ1) is 14.2. The molecule has 0 heterocycles. The molecule has 0 radical (unpaired) electrons. The molecule has 1 aromatic rings. The first-order valence-corrected chi connectivity index (χ1v) is 7.31. The lowest BCUT2D eigenvalue weighted by Crippen LogP contribution is -2.30. The molecule has 0 aliphatic carbocycles. The standard InChI is InChI=1S/C12H16ClNO2S/c1-3-10(2)14-17(15,16)9-8-11-4-6-12(13)7-5-11/h4-10,14H,3H2,1-2H3. The maximum absolute atomic E-state index is 11.6. The van der Waals surface area contributed by atoms with Crippen molar-refractivity contribution in [3.8, 4) is 0 Å². The summed E-state index contributed by atoms with van der Waals surface area (Å²) in [6.07, 6.45) is 2.30. The Morgan fingerprint density at radius 2 is 1.94 bits per heavy atom. The van der Waals surface area contributed by atoms with Crippen LogP contribution in [0.2, 0.25) is 5.02 Å². The van der Waals surface area contributed by atoms with Crippen molar-refractivity contribution in [2.24, 2.45) is 0 Å². The normalized spacial score (nSPS) is 14.1. The number of hydrogen-bond acceptors (Lipinski definition) is 2. The number of sulfonamides is 1. The molecule has 0 bridgehead atoms. The Morgan fingerprint density at radius 1 is 1.35 bits per heavy atom. The Bertz CT molecular complexity index is 480. The topological polar surface area (TPSA) is 46.2 Å². The average Bonchev–Trinajstić information content (AvgIpc) is 2.28. The zero-order chi connectivity index (χ0) is 12.9. The van der Waals surface area contributed by atoms with Crippen molar-refractivity contribution in [2.45, 2.75) is 26.3 Å². The third kappa shape index (κ3) is 5.35. The predicted octanol–water partition coefficient (Wildman–Crippen LogP) is 3.03. The molecule has 94 valence electrons. The van der Waals surface area contributed by atoms with Crippen molar-refractivity contribution >= 4 is 27.7 Å². The van der Waals surface area contributed by atoms with E-state index < -0.39 is 10.0 Å². The van der Waals surface area contributed by atoms with Gasteiger partial charge in [-0.25, -0.2) is 13.1 Å². The highest BCUT2D eigenvalue weighted by Crippen LogP contribution is 2.11. The molecule has 0 amide bonds. The zero-order valence-corrected chi connectivity index (χ0v) is 11.4. The van der Waals surface area contributed by atoms with Crippen molar-refractivity contribution in [3.63, 3.8) is 0 Å². The van der Waals surface area contributed by atoms with Crippen LogP contribution in [-0.4, -0.2) is 14.5 Å². The molecule has 17 heavy (non-hydrogen) atoms. The van der Waals surface area contributed by atoms with Crippen LogP contribution in [-0.2, 0) is 10.0 Å². The summed E-state index contributed by atoms with van der Waals surface area (Å²) >= 11 is 5.73. The Morgan fingerprint density at radius 3 is 2.47 bits per heavy atom. The summed E-state index contributed by atoms with van der Waals surface area (Å²) in [5.74, 6) is 0. The molecule has 0 spiro atoms. The maximum Gasteiger partial charge on any atom is 0.233 e. The molecule has 1 rings (SSSR count). The quantitative estimate of drug-likeness (QED) is 0.896. The minimum absolute atomic E-state index is 0.0603. The van der Waals surface area contributed by atoms with E-state index in [0.717, 1.165) is 12.0 Å². The molecule has 1 atom stereocenters. The van der Waals surface area contributed by atoms with Gasteiger partial charge in [-0.05, 0) is 37.1 Å². The van der Waals surface area contributed by atoms with E-state index in [0.29, 0.717) is 5.02 Å². The summed E-state index contributed by atoms with van der Waals surface area (Å²) < 4.78 is 25.8. The number of nitrogens with one attached hydrogen (secondary N) is 1. The predicted molar refractivity (Wildman–Crippen MR) is 72.3 cm³/mol. The summed E-state index contributed by atoms with van der Waals surface area (Å²) in [6.45, 7) is 3.75. The lowest BCUT2D eigenvalue weighted by Gasteiger charge is -2.08. The third-order valence-electron chi connectivity index (χ3n) is 2.29. The monoisotopic (exact) mass is 273 g/mol. The maximum atomic E-state index is 11.6. The van der Waals surface area contributed by atoms with Crippen LogP contribution >= 0.6 is 11.6 Å². The lowest BCUT2D eigenvalue weighted by molar-refractivity contribution is 0.564. The first-order chi connectivity index (χ1) is 7.93. The molecule has 1 aromatic carbocycles.